The van der Waals surface area contributed by atoms with E-state index in [0.29, 0.717) is 12.2 Å². The van der Waals surface area contributed by atoms with Crippen LogP contribution in [-0.2, 0) is 28.5 Å². The van der Waals surface area contributed by atoms with Crippen LogP contribution in [0.2, 0.25) is 0 Å². The lowest BCUT2D eigenvalue weighted by Gasteiger charge is -2.41. The summed E-state index contributed by atoms with van der Waals surface area (Å²) in [6, 6.07) is 0. The van der Waals surface area contributed by atoms with Crippen molar-refractivity contribution in [2.45, 2.75) is 45.4 Å². The van der Waals surface area contributed by atoms with Gasteiger partial charge in [0.2, 0.25) is 12.1 Å². The van der Waals surface area contributed by atoms with Gasteiger partial charge in [0.05, 0.1) is 6.10 Å². The van der Waals surface area contributed by atoms with Gasteiger partial charge >= 0.3 is 5.97 Å². The van der Waals surface area contributed by atoms with Gasteiger partial charge in [-0.3, -0.25) is 4.79 Å². The van der Waals surface area contributed by atoms with Crippen molar-refractivity contribution in [1.82, 2.24) is 0 Å². The number of carbonyl (C=O) groups is 1. The highest BCUT2D eigenvalue weighted by atomic mass is 16.8. The Morgan fingerprint density at radius 2 is 2.22 bits per heavy atom. The van der Waals surface area contributed by atoms with Gasteiger partial charge in [0.15, 0.2) is 5.76 Å². The molecule has 0 amide bonds. The molecule has 0 aromatic carbocycles. The maximum Gasteiger partial charge on any atom is 0.304 e. The fourth-order valence-electron chi connectivity index (χ4n) is 1.88. The Hall–Kier alpha value is -1.53. The summed E-state index contributed by atoms with van der Waals surface area (Å²) in [7, 11) is 0. The fourth-order valence-corrected chi connectivity index (χ4v) is 1.88. The van der Waals surface area contributed by atoms with E-state index in [4.69, 9.17) is 23.7 Å². The highest BCUT2D eigenvalue weighted by Crippen LogP contribution is 2.34. The summed E-state index contributed by atoms with van der Waals surface area (Å²) < 4.78 is 26.7. The molecule has 3 unspecified atom stereocenters. The van der Waals surface area contributed by atoms with Crippen LogP contribution < -0.4 is 0 Å². The Balaban J connectivity index is 2.11. The minimum absolute atomic E-state index is 0.136. The zero-order chi connectivity index (χ0) is 13.2. The van der Waals surface area contributed by atoms with Crippen LogP contribution in [0.1, 0.15) is 27.2 Å². The van der Waals surface area contributed by atoms with Gasteiger partial charge in [0, 0.05) is 13.3 Å². The number of esters is 1. The van der Waals surface area contributed by atoms with Gasteiger partial charge in [-0.15, -0.1) is 0 Å². The standard InChI is InChI=1S/C12H16O6/c1-8-6-11(16-9(2)13)18-12(3,17-8)10-7-14-4-5-15-10/h4-5,7-8,11H,6H2,1-3H3. The lowest BCUT2D eigenvalue weighted by molar-refractivity contribution is -0.340. The Bertz CT molecular complexity index is 388. The van der Waals surface area contributed by atoms with Crippen molar-refractivity contribution in [3.8, 4) is 0 Å². The third-order valence-electron chi connectivity index (χ3n) is 2.56. The highest BCUT2D eigenvalue weighted by molar-refractivity contribution is 5.66. The molecule has 3 atom stereocenters. The summed E-state index contributed by atoms with van der Waals surface area (Å²) in [6.45, 7) is 4.90. The first-order valence-electron chi connectivity index (χ1n) is 5.70. The molecule has 0 radical (unpaired) electrons. The summed E-state index contributed by atoms with van der Waals surface area (Å²) >= 11 is 0. The molecule has 0 N–H and O–H groups in total. The van der Waals surface area contributed by atoms with E-state index >= 15 is 0 Å². The van der Waals surface area contributed by atoms with E-state index in [-0.39, 0.29) is 6.10 Å². The zero-order valence-corrected chi connectivity index (χ0v) is 10.5. The molecule has 0 aliphatic carbocycles. The molecule has 2 aliphatic rings. The van der Waals surface area contributed by atoms with Crippen LogP contribution in [0.3, 0.4) is 0 Å². The monoisotopic (exact) mass is 256 g/mol. The van der Waals surface area contributed by atoms with Gasteiger partial charge in [0.25, 0.3) is 0 Å². The second-order valence-electron chi connectivity index (χ2n) is 4.27. The summed E-state index contributed by atoms with van der Waals surface area (Å²) in [5.74, 6) is -1.16. The van der Waals surface area contributed by atoms with Crippen molar-refractivity contribution in [2.24, 2.45) is 0 Å². The molecule has 6 nitrogen and oxygen atoms in total. The van der Waals surface area contributed by atoms with Crippen LogP contribution in [0.4, 0.5) is 0 Å². The molecule has 0 spiro atoms. The molecule has 1 saturated heterocycles. The Morgan fingerprint density at radius 3 is 2.83 bits per heavy atom. The summed E-state index contributed by atoms with van der Waals surface area (Å²) in [5, 5.41) is 0. The second-order valence-corrected chi connectivity index (χ2v) is 4.27. The van der Waals surface area contributed by atoms with E-state index < -0.39 is 18.0 Å². The SMILES string of the molecule is CC(=O)OC1CC(C)OC(C)(C2=COC=CO2)O1. The van der Waals surface area contributed by atoms with E-state index in [1.165, 1.54) is 25.7 Å². The van der Waals surface area contributed by atoms with Crippen LogP contribution in [0.15, 0.2) is 24.5 Å². The first kappa shape index (κ1) is 12.9. The number of rotatable bonds is 2. The summed E-state index contributed by atoms with van der Waals surface area (Å²) in [6.07, 6.45) is 3.84. The van der Waals surface area contributed by atoms with Gasteiger partial charge in [-0.2, -0.15) is 0 Å². The topological polar surface area (TPSA) is 63.2 Å². The molecule has 6 heteroatoms. The molecular weight excluding hydrogens is 240 g/mol. The Kier molecular flexibility index (Phi) is 3.58. The van der Waals surface area contributed by atoms with E-state index in [0.717, 1.165) is 0 Å². The normalized spacial score (nSPS) is 35.2. The quantitative estimate of drug-likeness (QED) is 0.702. The van der Waals surface area contributed by atoms with Crippen LogP contribution in [0.5, 0.6) is 0 Å². The van der Waals surface area contributed by atoms with Crippen LogP contribution in [0, 0.1) is 0 Å². The minimum atomic E-state index is -1.14. The lowest BCUT2D eigenvalue weighted by atomic mass is 10.1. The average molecular weight is 256 g/mol. The number of carbonyl (C=O) groups excluding carboxylic acids is 1. The summed E-state index contributed by atoms with van der Waals surface area (Å²) in [4.78, 5) is 11.0. The smallest absolute Gasteiger partial charge is 0.304 e. The van der Waals surface area contributed by atoms with Gasteiger partial charge in [-0.25, -0.2) is 0 Å². The molecular formula is C12H16O6. The predicted octanol–water partition coefficient (Wildman–Crippen LogP) is 1.78. The lowest BCUT2D eigenvalue weighted by Crippen LogP contribution is -2.48. The molecule has 2 heterocycles. The van der Waals surface area contributed by atoms with Crippen molar-refractivity contribution in [3.63, 3.8) is 0 Å². The first-order valence-corrected chi connectivity index (χ1v) is 5.70. The number of hydrogen-bond donors (Lipinski definition) is 0. The van der Waals surface area contributed by atoms with Crippen molar-refractivity contribution >= 4 is 5.97 Å². The average Bonchev–Trinajstić information content (AvgIpc) is 2.28. The van der Waals surface area contributed by atoms with Crippen molar-refractivity contribution in [2.75, 3.05) is 0 Å². The zero-order valence-electron chi connectivity index (χ0n) is 10.5. The maximum absolute atomic E-state index is 11.0. The molecule has 100 valence electrons. The second kappa shape index (κ2) is 4.99. The van der Waals surface area contributed by atoms with E-state index in [1.54, 1.807) is 6.92 Å². The molecule has 0 aromatic rings. The molecule has 0 saturated carbocycles. The van der Waals surface area contributed by atoms with Crippen LogP contribution >= 0.6 is 0 Å². The molecule has 2 rings (SSSR count). The fraction of sp³-hybridized carbons (Fsp3) is 0.583. The number of ether oxygens (including phenoxy) is 5. The third-order valence-corrected chi connectivity index (χ3v) is 2.56. The first-order chi connectivity index (χ1) is 8.49. The third kappa shape index (κ3) is 2.83. The Morgan fingerprint density at radius 1 is 1.44 bits per heavy atom. The van der Waals surface area contributed by atoms with Gasteiger partial charge in [0.1, 0.15) is 18.8 Å². The molecule has 2 aliphatic heterocycles. The highest BCUT2D eigenvalue weighted by Gasteiger charge is 2.44. The van der Waals surface area contributed by atoms with E-state index in [2.05, 4.69) is 0 Å². The van der Waals surface area contributed by atoms with Crippen LogP contribution in [0.25, 0.3) is 0 Å². The van der Waals surface area contributed by atoms with Gasteiger partial charge in [-0.05, 0) is 13.8 Å². The molecule has 1 fully saturated rings. The van der Waals surface area contributed by atoms with Gasteiger partial charge in [-0.1, -0.05) is 0 Å². The Labute approximate surface area is 105 Å². The predicted molar refractivity (Wildman–Crippen MR) is 59.6 cm³/mol. The van der Waals surface area contributed by atoms with Gasteiger partial charge < -0.3 is 23.7 Å². The van der Waals surface area contributed by atoms with Crippen LogP contribution in [-0.4, -0.2) is 24.2 Å². The van der Waals surface area contributed by atoms with Crippen molar-refractivity contribution in [1.29, 1.82) is 0 Å². The molecule has 0 bridgehead atoms. The van der Waals surface area contributed by atoms with Crippen molar-refractivity contribution < 1.29 is 28.5 Å². The minimum Gasteiger partial charge on any atom is -0.466 e. The summed E-state index contributed by atoms with van der Waals surface area (Å²) in [5.41, 5.74) is 0. The largest absolute Gasteiger partial charge is 0.466 e. The molecule has 0 aromatic heterocycles. The van der Waals surface area contributed by atoms with E-state index in [1.807, 2.05) is 6.92 Å². The maximum atomic E-state index is 11.0. The van der Waals surface area contributed by atoms with Crippen molar-refractivity contribution in [3.05, 3.63) is 24.5 Å². The van der Waals surface area contributed by atoms with E-state index in [9.17, 15) is 4.79 Å². The number of hydrogen-bond acceptors (Lipinski definition) is 6. The molecule has 18 heavy (non-hydrogen) atoms.